The van der Waals surface area contributed by atoms with Crippen LogP contribution in [-0.2, 0) is 23.9 Å². The lowest BCUT2D eigenvalue weighted by Crippen LogP contribution is -2.45. The molecule has 0 aromatic carbocycles. The van der Waals surface area contributed by atoms with Crippen molar-refractivity contribution in [1.29, 1.82) is 0 Å². The number of hydrogen-bond donors (Lipinski definition) is 2. The number of carbonyl (C=O) groups is 4. The van der Waals surface area contributed by atoms with Crippen molar-refractivity contribution >= 4 is 23.9 Å². The zero-order valence-corrected chi connectivity index (χ0v) is 13.0. The van der Waals surface area contributed by atoms with Gasteiger partial charge in [0.15, 0.2) is 0 Å². The summed E-state index contributed by atoms with van der Waals surface area (Å²) in [6, 6.07) is -1.36. The first-order chi connectivity index (χ1) is 10.9. The number of methoxy groups -OCH3 is 2. The quantitative estimate of drug-likeness (QED) is 0.658. The maximum atomic E-state index is 12.3. The third-order valence-electron chi connectivity index (χ3n) is 4.49. The molecule has 4 atom stereocenters. The van der Waals surface area contributed by atoms with Crippen molar-refractivity contribution in [3.05, 3.63) is 0 Å². The Bertz CT molecular complexity index is 491. The summed E-state index contributed by atoms with van der Waals surface area (Å²) in [5.41, 5.74) is 0. The van der Waals surface area contributed by atoms with Gasteiger partial charge in [0.25, 0.3) is 0 Å². The molecule has 2 amide bonds. The van der Waals surface area contributed by atoms with Gasteiger partial charge in [-0.2, -0.15) is 0 Å². The zero-order valence-electron chi connectivity index (χ0n) is 13.0. The summed E-state index contributed by atoms with van der Waals surface area (Å²) in [6.07, 6.45) is 0.977. The summed E-state index contributed by atoms with van der Waals surface area (Å²) in [4.78, 5) is 48.4. The highest BCUT2D eigenvalue weighted by Gasteiger charge is 2.61. The van der Waals surface area contributed by atoms with Crippen LogP contribution in [0.25, 0.3) is 0 Å². The van der Waals surface area contributed by atoms with Crippen LogP contribution in [0.2, 0.25) is 0 Å². The van der Waals surface area contributed by atoms with Gasteiger partial charge in [-0.3, -0.25) is 14.4 Å². The van der Waals surface area contributed by atoms with Gasteiger partial charge in [0, 0.05) is 18.6 Å². The molecule has 4 unspecified atom stereocenters. The molecule has 0 aromatic heterocycles. The highest BCUT2D eigenvalue weighted by Crippen LogP contribution is 2.46. The third kappa shape index (κ3) is 3.08. The van der Waals surface area contributed by atoms with Crippen LogP contribution in [0.5, 0.6) is 0 Å². The van der Waals surface area contributed by atoms with Crippen LogP contribution < -0.4 is 5.32 Å². The molecule has 0 saturated carbocycles. The SMILES string of the molecule is COC(=O)C1C(C(=O)OC)C2CCC1N2C(=O)NCCC(=O)O. The van der Waals surface area contributed by atoms with E-state index in [0.29, 0.717) is 12.8 Å². The molecule has 128 valence electrons. The monoisotopic (exact) mass is 328 g/mol. The molecular weight excluding hydrogens is 308 g/mol. The molecule has 0 aliphatic carbocycles. The largest absolute Gasteiger partial charge is 0.481 e. The van der Waals surface area contributed by atoms with Crippen LogP contribution in [0, 0.1) is 11.8 Å². The third-order valence-corrected chi connectivity index (χ3v) is 4.49. The molecular formula is C14H20N2O7. The van der Waals surface area contributed by atoms with Crippen LogP contribution in [0.3, 0.4) is 0 Å². The predicted molar refractivity (Wildman–Crippen MR) is 75.3 cm³/mol. The van der Waals surface area contributed by atoms with Crippen molar-refractivity contribution in [2.24, 2.45) is 11.8 Å². The lowest BCUT2D eigenvalue weighted by molar-refractivity contribution is -0.157. The van der Waals surface area contributed by atoms with Crippen LogP contribution >= 0.6 is 0 Å². The molecule has 2 heterocycles. The van der Waals surface area contributed by atoms with Crippen LogP contribution in [0.1, 0.15) is 19.3 Å². The van der Waals surface area contributed by atoms with Gasteiger partial charge in [-0.05, 0) is 12.8 Å². The molecule has 2 bridgehead atoms. The van der Waals surface area contributed by atoms with Crippen LogP contribution in [0.15, 0.2) is 0 Å². The van der Waals surface area contributed by atoms with Gasteiger partial charge in [-0.15, -0.1) is 0 Å². The summed E-state index contributed by atoms with van der Waals surface area (Å²) in [5, 5.41) is 11.1. The number of carboxylic acids is 1. The average Bonchev–Trinajstić information content (AvgIpc) is 3.08. The number of amides is 2. The summed E-state index contributed by atoms with van der Waals surface area (Å²) < 4.78 is 9.54. The molecule has 23 heavy (non-hydrogen) atoms. The predicted octanol–water partition coefficient (Wildman–Crippen LogP) is -0.404. The van der Waals surface area contributed by atoms with Crippen LogP contribution in [-0.4, -0.2) is 66.8 Å². The Morgan fingerprint density at radius 2 is 1.52 bits per heavy atom. The molecule has 2 rings (SSSR count). The Balaban J connectivity index is 2.16. The summed E-state index contributed by atoms with van der Waals surface area (Å²) in [6.45, 7) is -0.0180. The first-order valence-corrected chi connectivity index (χ1v) is 7.36. The first-order valence-electron chi connectivity index (χ1n) is 7.36. The number of aliphatic carboxylic acids is 1. The maximum absolute atomic E-state index is 12.3. The summed E-state index contributed by atoms with van der Waals surface area (Å²) >= 11 is 0. The first kappa shape index (κ1) is 17.0. The smallest absolute Gasteiger partial charge is 0.317 e. The number of nitrogens with one attached hydrogen (secondary N) is 1. The number of hydrogen-bond acceptors (Lipinski definition) is 6. The topological polar surface area (TPSA) is 122 Å². The normalized spacial score (nSPS) is 28.3. The Labute approximate surface area is 132 Å². The minimum Gasteiger partial charge on any atom is -0.481 e. The van der Waals surface area contributed by atoms with E-state index in [1.807, 2.05) is 0 Å². The highest BCUT2D eigenvalue weighted by molar-refractivity contribution is 5.87. The summed E-state index contributed by atoms with van der Waals surface area (Å²) in [5.74, 6) is -3.62. The van der Waals surface area contributed by atoms with E-state index in [-0.39, 0.29) is 13.0 Å². The second-order valence-corrected chi connectivity index (χ2v) is 5.59. The molecule has 0 aromatic rings. The van der Waals surface area contributed by atoms with Crippen molar-refractivity contribution in [3.8, 4) is 0 Å². The molecule has 2 fully saturated rings. The molecule has 0 spiro atoms. The van der Waals surface area contributed by atoms with E-state index in [4.69, 9.17) is 14.6 Å². The number of rotatable bonds is 5. The minimum absolute atomic E-state index is 0.0180. The number of carboxylic acid groups (broad SMARTS) is 1. The number of urea groups is 1. The van der Waals surface area contributed by atoms with E-state index >= 15 is 0 Å². The standard InChI is InChI=1S/C14H20N2O7/c1-22-12(19)10-7-3-4-8(11(10)13(20)23-2)16(7)14(21)15-6-5-9(17)18/h7-8,10-11H,3-6H2,1-2H3,(H,15,21)(H,17,18). The van der Waals surface area contributed by atoms with Gasteiger partial charge < -0.3 is 24.8 Å². The fraction of sp³-hybridized carbons (Fsp3) is 0.714. The Morgan fingerprint density at radius 3 is 1.91 bits per heavy atom. The van der Waals surface area contributed by atoms with E-state index in [2.05, 4.69) is 5.32 Å². The van der Waals surface area contributed by atoms with Crippen molar-refractivity contribution in [2.75, 3.05) is 20.8 Å². The van der Waals surface area contributed by atoms with Gasteiger partial charge in [0.1, 0.15) is 0 Å². The minimum atomic E-state index is -1.02. The molecule has 9 heteroatoms. The lowest BCUT2D eigenvalue weighted by Gasteiger charge is -2.24. The Hall–Kier alpha value is -2.32. The van der Waals surface area contributed by atoms with Crippen molar-refractivity contribution in [1.82, 2.24) is 10.2 Å². The van der Waals surface area contributed by atoms with Crippen LogP contribution in [0.4, 0.5) is 4.79 Å². The number of carbonyl (C=O) groups excluding carboxylic acids is 3. The molecule has 2 N–H and O–H groups in total. The van der Waals surface area contributed by atoms with Crippen molar-refractivity contribution in [3.63, 3.8) is 0 Å². The second kappa shape index (κ2) is 6.84. The van der Waals surface area contributed by atoms with Crippen molar-refractivity contribution in [2.45, 2.75) is 31.3 Å². The van der Waals surface area contributed by atoms with E-state index in [1.54, 1.807) is 0 Å². The van der Waals surface area contributed by atoms with E-state index in [9.17, 15) is 19.2 Å². The van der Waals surface area contributed by atoms with Gasteiger partial charge >= 0.3 is 23.9 Å². The number of ether oxygens (including phenoxy) is 2. The van der Waals surface area contributed by atoms with Gasteiger partial charge in [0.2, 0.25) is 0 Å². The number of fused-ring (bicyclic) bond motifs is 2. The molecule has 0 radical (unpaired) electrons. The number of nitrogens with zero attached hydrogens (tertiary/aromatic N) is 1. The van der Waals surface area contributed by atoms with Crippen molar-refractivity contribution < 1.29 is 33.8 Å². The van der Waals surface area contributed by atoms with E-state index < -0.39 is 47.9 Å². The number of esters is 2. The molecule has 2 saturated heterocycles. The fourth-order valence-electron chi connectivity index (χ4n) is 3.60. The highest BCUT2D eigenvalue weighted by atomic mass is 16.5. The van der Waals surface area contributed by atoms with E-state index in [1.165, 1.54) is 19.1 Å². The van der Waals surface area contributed by atoms with E-state index in [0.717, 1.165) is 0 Å². The molecule has 9 nitrogen and oxygen atoms in total. The Kier molecular flexibility index (Phi) is 5.07. The lowest BCUT2D eigenvalue weighted by atomic mass is 9.79. The maximum Gasteiger partial charge on any atom is 0.317 e. The fourth-order valence-corrected chi connectivity index (χ4v) is 3.60. The second-order valence-electron chi connectivity index (χ2n) is 5.59. The summed E-state index contributed by atoms with van der Waals surface area (Å²) in [7, 11) is 2.47. The van der Waals surface area contributed by atoms with Gasteiger partial charge in [-0.1, -0.05) is 0 Å². The Morgan fingerprint density at radius 1 is 1.04 bits per heavy atom. The van der Waals surface area contributed by atoms with Gasteiger partial charge in [-0.25, -0.2) is 4.79 Å². The van der Waals surface area contributed by atoms with Gasteiger partial charge in [0.05, 0.1) is 32.5 Å². The molecule has 2 aliphatic heterocycles. The molecule has 2 aliphatic rings. The zero-order chi connectivity index (χ0) is 17.1. The average molecular weight is 328 g/mol.